The molecule has 1 heterocycles. The Hall–Kier alpha value is -0.770. The van der Waals surface area contributed by atoms with Gasteiger partial charge in [-0.1, -0.05) is 0 Å². The van der Waals surface area contributed by atoms with Crippen LogP contribution in [0.15, 0.2) is 5.10 Å². The molecule has 0 radical (unpaired) electrons. The number of rotatable bonds is 0. The van der Waals surface area contributed by atoms with E-state index in [4.69, 9.17) is 5.73 Å². The molecule has 0 aliphatic carbocycles. The van der Waals surface area contributed by atoms with Gasteiger partial charge in [-0.15, -0.1) is 10.2 Å². The van der Waals surface area contributed by atoms with E-state index in [-0.39, 0.29) is 0 Å². The summed E-state index contributed by atoms with van der Waals surface area (Å²) < 4.78 is 0. The molecule has 1 aliphatic heterocycles. The molecule has 0 fully saturated rings. The Kier molecular flexibility index (Phi) is 1.09. The van der Waals surface area contributed by atoms with Gasteiger partial charge in [-0.3, -0.25) is 0 Å². The summed E-state index contributed by atoms with van der Waals surface area (Å²) in [5.74, 6) is 0.701. The van der Waals surface area contributed by atoms with E-state index in [1.165, 1.54) is 0 Å². The van der Waals surface area contributed by atoms with E-state index in [0.717, 1.165) is 0 Å². The Labute approximate surface area is 48.3 Å². The lowest BCUT2D eigenvalue weighted by molar-refractivity contribution is -0.804. The first-order valence-electron chi connectivity index (χ1n) is 2.62. The summed E-state index contributed by atoms with van der Waals surface area (Å²) in [5.41, 5.74) is 7.41. The van der Waals surface area contributed by atoms with Crippen molar-refractivity contribution >= 4 is 5.84 Å². The zero-order chi connectivity index (χ0) is 6.15. The number of quaternary nitrogens is 1. The molecule has 0 saturated heterocycles. The largest absolute Gasteiger partial charge is 0.380 e. The number of hydrazone groups is 1. The second-order valence-corrected chi connectivity index (χ2v) is 2.04. The van der Waals surface area contributed by atoms with E-state index in [2.05, 4.69) is 5.10 Å². The number of amidine groups is 1. The predicted octanol–water partition coefficient (Wildman–Crippen LogP) is -1.93. The number of nitrogens with zero attached hydrogens (tertiary/aromatic N) is 2. The van der Waals surface area contributed by atoms with E-state index < -0.39 is 0 Å². The Bertz CT molecular complexity index is 119. The first-order valence-corrected chi connectivity index (χ1v) is 2.62. The lowest BCUT2D eigenvalue weighted by Gasteiger charge is -2.01. The van der Waals surface area contributed by atoms with Crippen LogP contribution >= 0.6 is 0 Å². The molecule has 0 saturated carbocycles. The van der Waals surface area contributed by atoms with Crippen LogP contribution in [0.1, 0.15) is 6.92 Å². The molecule has 46 valence electrons. The monoisotopic (exact) mass is 115 g/mol. The lowest BCUT2D eigenvalue weighted by Crippen LogP contribution is -2.94. The van der Waals surface area contributed by atoms with E-state index in [0.29, 0.717) is 11.9 Å². The minimum Gasteiger partial charge on any atom is -0.380 e. The summed E-state index contributed by atoms with van der Waals surface area (Å²) in [7, 11) is 1.87. The maximum atomic E-state index is 5.45. The van der Waals surface area contributed by atoms with Gasteiger partial charge in [0.15, 0.2) is 11.9 Å². The topological polar surface area (TPSA) is 58.2 Å². The first-order chi connectivity index (χ1) is 3.70. The second kappa shape index (κ2) is 1.63. The average molecular weight is 115 g/mol. The minimum atomic E-state index is 0.319. The van der Waals surface area contributed by atoms with Crippen LogP contribution in [0.5, 0.6) is 0 Å². The van der Waals surface area contributed by atoms with Gasteiger partial charge in [0.25, 0.3) is 0 Å². The molecule has 4 N–H and O–H groups in total. The summed E-state index contributed by atoms with van der Waals surface area (Å²) >= 11 is 0. The average Bonchev–Trinajstić information content (AvgIpc) is 1.85. The van der Waals surface area contributed by atoms with Crippen LogP contribution in [0.3, 0.4) is 0 Å². The Morgan fingerprint density at radius 2 is 2.50 bits per heavy atom. The molecule has 1 atom stereocenters. The molecule has 0 aromatic carbocycles. The summed E-state index contributed by atoms with van der Waals surface area (Å²) in [6, 6.07) is 0.319. The Morgan fingerprint density at radius 1 is 1.88 bits per heavy atom. The molecule has 0 aromatic heterocycles. The van der Waals surface area contributed by atoms with Gasteiger partial charge in [-0.25, -0.2) is 5.43 Å². The standard InChI is InChI=1S/C4H10N4/c1-3-4(5)7-8(2)6-3/h3,6H,1-2H3,(H2,5,7)/p+1. The third-order valence-corrected chi connectivity index (χ3v) is 1.18. The van der Waals surface area contributed by atoms with Crippen molar-refractivity contribution in [3.8, 4) is 0 Å². The van der Waals surface area contributed by atoms with Crippen molar-refractivity contribution in [3.05, 3.63) is 0 Å². The van der Waals surface area contributed by atoms with Crippen LogP contribution in [-0.4, -0.2) is 24.0 Å². The zero-order valence-electron chi connectivity index (χ0n) is 5.13. The van der Waals surface area contributed by atoms with Crippen LogP contribution in [0, 0.1) is 0 Å². The van der Waals surface area contributed by atoms with Crippen LogP contribution < -0.4 is 11.2 Å². The van der Waals surface area contributed by atoms with Crippen LogP contribution in [0.25, 0.3) is 0 Å². The van der Waals surface area contributed by atoms with Crippen molar-refractivity contribution in [1.29, 1.82) is 0 Å². The molecule has 1 aliphatic rings. The summed E-state index contributed by atoms with van der Waals surface area (Å²) in [6.07, 6.45) is 0. The quantitative estimate of drug-likeness (QED) is 0.361. The fraction of sp³-hybridized carbons (Fsp3) is 0.750. The fourth-order valence-electron chi connectivity index (χ4n) is 0.707. The highest BCUT2D eigenvalue weighted by atomic mass is 15.7. The minimum absolute atomic E-state index is 0.319. The molecule has 0 spiro atoms. The molecular weight excluding hydrogens is 104 g/mol. The maximum absolute atomic E-state index is 5.45. The van der Waals surface area contributed by atoms with Crippen molar-refractivity contribution in [3.63, 3.8) is 0 Å². The van der Waals surface area contributed by atoms with E-state index >= 15 is 0 Å². The molecule has 8 heavy (non-hydrogen) atoms. The van der Waals surface area contributed by atoms with Gasteiger partial charge in [-0.05, 0) is 6.92 Å². The van der Waals surface area contributed by atoms with Crippen molar-refractivity contribution in [2.75, 3.05) is 7.05 Å². The van der Waals surface area contributed by atoms with Crippen LogP contribution in [0.4, 0.5) is 0 Å². The first kappa shape index (κ1) is 5.37. The highest BCUT2D eigenvalue weighted by Gasteiger charge is 2.19. The fourth-order valence-corrected chi connectivity index (χ4v) is 0.707. The van der Waals surface area contributed by atoms with Crippen LogP contribution in [-0.2, 0) is 0 Å². The number of hydrogen-bond acceptors (Lipinski definition) is 3. The van der Waals surface area contributed by atoms with E-state index in [9.17, 15) is 0 Å². The number of hydrogen-bond donors (Lipinski definition) is 2. The molecule has 1 rings (SSSR count). The summed E-state index contributed by atoms with van der Waals surface area (Å²) in [6.45, 7) is 2.02. The molecule has 1 unspecified atom stereocenters. The third-order valence-electron chi connectivity index (χ3n) is 1.18. The SMILES string of the molecule is CC1[NH2+]N(C)N=C1N. The van der Waals surface area contributed by atoms with Crippen molar-refractivity contribution < 1.29 is 5.43 Å². The van der Waals surface area contributed by atoms with Gasteiger partial charge in [0.1, 0.15) is 0 Å². The van der Waals surface area contributed by atoms with Crippen molar-refractivity contribution in [2.45, 2.75) is 13.0 Å². The smallest absolute Gasteiger partial charge is 0.185 e. The summed E-state index contributed by atoms with van der Waals surface area (Å²) in [5, 5.41) is 5.68. The van der Waals surface area contributed by atoms with Gasteiger partial charge in [0.2, 0.25) is 0 Å². The molecule has 4 nitrogen and oxygen atoms in total. The summed E-state index contributed by atoms with van der Waals surface area (Å²) in [4.78, 5) is 0. The van der Waals surface area contributed by atoms with Gasteiger partial charge >= 0.3 is 0 Å². The van der Waals surface area contributed by atoms with Gasteiger partial charge in [0, 0.05) is 0 Å². The predicted molar refractivity (Wildman–Crippen MR) is 30.8 cm³/mol. The highest BCUT2D eigenvalue weighted by molar-refractivity contribution is 5.84. The second-order valence-electron chi connectivity index (χ2n) is 2.04. The zero-order valence-corrected chi connectivity index (χ0v) is 5.13. The van der Waals surface area contributed by atoms with Crippen molar-refractivity contribution in [2.24, 2.45) is 10.8 Å². The number of nitrogens with two attached hydrogens (primary N) is 2. The van der Waals surface area contributed by atoms with E-state index in [1.54, 1.807) is 5.12 Å². The molecule has 0 aromatic rings. The lowest BCUT2D eigenvalue weighted by atomic mass is 10.3. The Morgan fingerprint density at radius 3 is 2.62 bits per heavy atom. The highest BCUT2D eigenvalue weighted by Crippen LogP contribution is 1.83. The Balaban J connectivity index is 2.59. The van der Waals surface area contributed by atoms with Gasteiger partial charge in [0.05, 0.1) is 7.05 Å². The molecule has 0 bridgehead atoms. The maximum Gasteiger partial charge on any atom is 0.185 e. The van der Waals surface area contributed by atoms with Gasteiger partial charge in [-0.2, -0.15) is 0 Å². The van der Waals surface area contributed by atoms with Gasteiger partial charge < -0.3 is 5.73 Å². The van der Waals surface area contributed by atoms with Crippen LogP contribution in [0.2, 0.25) is 0 Å². The molecular formula is C4H11N4+. The van der Waals surface area contributed by atoms with Crippen molar-refractivity contribution in [1.82, 2.24) is 5.12 Å². The van der Waals surface area contributed by atoms with E-state index in [1.807, 2.05) is 19.4 Å². The normalized spacial score (nSPS) is 28.5. The third kappa shape index (κ3) is 0.742. The molecule has 4 heteroatoms. The molecule has 0 amide bonds.